The number of benzene rings is 1. The number of nitrogens with one attached hydrogen (secondary N) is 1. The maximum absolute atomic E-state index is 11.5. The van der Waals surface area contributed by atoms with Crippen LogP contribution in [0.1, 0.15) is 22.8 Å². The summed E-state index contributed by atoms with van der Waals surface area (Å²) in [6.45, 7) is 3.90. The average Bonchev–Trinajstić information content (AvgIpc) is 2.29. The van der Waals surface area contributed by atoms with Crippen LogP contribution in [-0.2, 0) is 4.74 Å². The van der Waals surface area contributed by atoms with E-state index in [1.165, 1.54) is 7.11 Å². The molecule has 1 aromatic rings. The van der Waals surface area contributed by atoms with Gasteiger partial charge in [0.2, 0.25) is 0 Å². The molecule has 5 heteroatoms. The number of aliphatic hydroxyl groups excluding tert-OH is 1. The summed E-state index contributed by atoms with van der Waals surface area (Å²) in [6, 6.07) is 3.45. The number of hydrogen-bond acceptors (Lipinski definition) is 5. The molecule has 1 aromatic carbocycles. The molecule has 1 atom stereocenters. The molecule has 1 rings (SSSR count). The molecule has 94 valence electrons. The molecule has 0 fully saturated rings. The zero-order chi connectivity index (χ0) is 13.0. The highest BCUT2D eigenvalue weighted by Gasteiger charge is 2.13. The minimum atomic E-state index is -0.466. The molecule has 0 radical (unpaired) electrons. The maximum Gasteiger partial charge on any atom is 0.340 e. The minimum Gasteiger partial charge on any atom is -0.465 e. The van der Waals surface area contributed by atoms with Gasteiger partial charge in [-0.15, -0.1) is 0 Å². The molecule has 0 bridgehead atoms. The zero-order valence-corrected chi connectivity index (χ0v) is 10.3. The van der Waals surface area contributed by atoms with Gasteiger partial charge in [0.05, 0.1) is 18.8 Å². The molecule has 0 spiro atoms. The number of ether oxygens (including phenoxy) is 1. The molecule has 17 heavy (non-hydrogen) atoms. The summed E-state index contributed by atoms with van der Waals surface area (Å²) >= 11 is 0. The number of nitrogen functional groups attached to an aromatic ring is 1. The summed E-state index contributed by atoms with van der Waals surface area (Å²) < 4.78 is 4.66. The number of nitrogens with two attached hydrogens (primary N) is 1. The summed E-state index contributed by atoms with van der Waals surface area (Å²) in [5.41, 5.74) is 8.08. The number of anilines is 2. The number of aryl methyl sites for hydroxylation is 1. The Morgan fingerprint density at radius 1 is 1.59 bits per heavy atom. The third-order valence-electron chi connectivity index (χ3n) is 2.39. The Morgan fingerprint density at radius 2 is 2.24 bits per heavy atom. The van der Waals surface area contributed by atoms with E-state index >= 15 is 0 Å². The van der Waals surface area contributed by atoms with Crippen molar-refractivity contribution in [2.75, 3.05) is 24.7 Å². The fourth-order valence-electron chi connectivity index (χ4n) is 1.44. The molecule has 1 unspecified atom stereocenters. The highest BCUT2D eigenvalue weighted by atomic mass is 16.5. The first-order valence-corrected chi connectivity index (χ1v) is 5.36. The van der Waals surface area contributed by atoms with Crippen LogP contribution >= 0.6 is 0 Å². The van der Waals surface area contributed by atoms with Gasteiger partial charge in [-0.1, -0.05) is 0 Å². The Morgan fingerprint density at radius 3 is 2.76 bits per heavy atom. The molecule has 0 aliphatic heterocycles. The van der Waals surface area contributed by atoms with Crippen LogP contribution in [0.15, 0.2) is 12.1 Å². The molecule has 5 nitrogen and oxygen atoms in total. The van der Waals surface area contributed by atoms with E-state index in [2.05, 4.69) is 10.1 Å². The third kappa shape index (κ3) is 3.35. The molecule has 0 aliphatic rings. The SMILES string of the molecule is COC(=O)c1cc(NCC(C)O)cc(C)c1N. The van der Waals surface area contributed by atoms with Gasteiger partial charge >= 0.3 is 5.97 Å². The van der Waals surface area contributed by atoms with E-state index in [0.717, 1.165) is 11.3 Å². The third-order valence-corrected chi connectivity index (χ3v) is 2.39. The van der Waals surface area contributed by atoms with Crippen LogP contribution in [0.25, 0.3) is 0 Å². The maximum atomic E-state index is 11.5. The van der Waals surface area contributed by atoms with E-state index in [1.54, 1.807) is 13.0 Å². The monoisotopic (exact) mass is 238 g/mol. The van der Waals surface area contributed by atoms with Crippen LogP contribution in [0.5, 0.6) is 0 Å². The van der Waals surface area contributed by atoms with E-state index < -0.39 is 12.1 Å². The first-order chi connectivity index (χ1) is 7.95. The Balaban J connectivity index is 3.01. The molecule has 0 aromatic heterocycles. The standard InChI is InChI=1S/C12H18N2O3/c1-7-4-9(14-6-8(2)15)5-10(11(7)13)12(16)17-3/h4-5,8,14-15H,6,13H2,1-3H3. The highest BCUT2D eigenvalue weighted by molar-refractivity contribution is 5.97. The normalized spacial score (nSPS) is 12.0. The summed E-state index contributed by atoms with van der Waals surface area (Å²) in [4.78, 5) is 11.5. The van der Waals surface area contributed by atoms with Crippen LogP contribution in [0.2, 0.25) is 0 Å². The van der Waals surface area contributed by atoms with Gasteiger partial charge < -0.3 is 20.9 Å². The first kappa shape index (κ1) is 13.3. The minimum absolute atomic E-state index is 0.334. The number of aliphatic hydroxyl groups is 1. The lowest BCUT2D eigenvalue weighted by molar-refractivity contribution is 0.0602. The topological polar surface area (TPSA) is 84.6 Å². The Bertz CT molecular complexity index is 416. The number of carbonyl (C=O) groups is 1. The van der Waals surface area contributed by atoms with Crippen molar-refractivity contribution in [3.8, 4) is 0 Å². The number of esters is 1. The van der Waals surface area contributed by atoms with Crippen molar-refractivity contribution in [2.45, 2.75) is 20.0 Å². The van der Waals surface area contributed by atoms with Gasteiger partial charge in [0.1, 0.15) is 0 Å². The first-order valence-electron chi connectivity index (χ1n) is 5.36. The van der Waals surface area contributed by atoms with Gasteiger partial charge in [-0.2, -0.15) is 0 Å². The van der Waals surface area contributed by atoms with Crippen LogP contribution in [-0.4, -0.2) is 30.8 Å². The predicted octanol–water partition coefficient (Wildman–Crippen LogP) is 1.16. The van der Waals surface area contributed by atoms with Crippen LogP contribution in [0, 0.1) is 6.92 Å². The van der Waals surface area contributed by atoms with Gasteiger partial charge in [-0.25, -0.2) is 4.79 Å². The highest BCUT2D eigenvalue weighted by Crippen LogP contribution is 2.23. The molecule has 0 saturated heterocycles. The smallest absolute Gasteiger partial charge is 0.340 e. The van der Waals surface area contributed by atoms with Crippen LogP contribution < -0.4 is 11.1 Å². The average molecular weight is 238 g/mol. The van der Waals surface area contributed by atoms with E-state index in [9.17, 15) is 9.90 Å². The molecule has 4 N–H and O–H groups in total. The van der Waals surface area contributed by atoms with Crippen molar-refractivity contribution in [3.63, 3.8) is 0 Å². The van der Waals surface area contributed by atoms with Crippen molar-refractivity contribution in [2.24, 2.45) is 0 Å². The van der Waals surface area contributed by atoms with Gasteiger partial charge in [-0.05, 0) is 31.5 Å². The lowest BCUT2D eigenvalue weighted by Crippen LogP contribution is -2.16. The van der Waals surface area contributed by atoms with Crippen molar-refractivity contribution < 1.29 is 14.6 Å². The van der Waals surface area contributed by atoms with Gasteiger partial charge in [-0.3, -0.25) is 0 Å². The molecule has 0 amide bonds. The van der Waals surface area contributed by atoms with E-state index in [1.807, 2.05) is 13.0 Å². The summed E-state index contributed by atoms with van der Waals surface area (Å²) in [6.07, 6.45) is -0.463. The van der Waals surface area contributed by atoms with Crippen LogP contribution in [0.4, 0.5) is 11.4 Å². The lowest BCUT2D eigenvalue weighted by Gasteiger charge is -2.13. The van der Waals surface area contributed by atoms with Gasteiger partial charge in [0.25, 0.3) is 0 Å². The molecular formula is C12H18N2O3. The molecule has 0 heterocycles. The van der Waals surface area contributed by atoms with Crippen molar-refractivity contribution in [3.05, 3.63) is 23.3 Å². The number of hydrogen-bond donors (Lipinski definition) is 3. The van der Waals surface area contributed by atoms with Crippen molar-refractivity contribution in [1.29, 1.82) is 0 Å². The summed E-state index contributed by atoms with van der Waals surface area (Å²) in [5, 5.41) is 12.2. The zero-order valence-electron chi connectivity index (χ0n) is 10.3. The fraction of sp³-hybridized carbons (Fsp3) is 0.417. The van der Waals surface area contributed by atoms with E-state index in [-0.39, 0.29) is 0 Å². The van der Waals surface area contributed by atoms with Gasteiger partial charge in [0, 0.05) is 17.9 Å². The Labute approximate surface area is 101 Å². The van der Waals surface area contributed by atoms with Crippen molar-refractivity contribution >= 4 is 17.3 Å². The second-order valence-electron chi connectivity index (χ2n) is 3.98. The second-order valence-corrected chi connectivity index (χ2v) is 3.98. The number of rotatable bonds is 4. The number of methoxy groups -OCH3 is 1. The van der Waals surface area contributed by atoms with Gasteiger partial charge in [0.15, 0.2) is 0 Å². The fourth-order valence-corrected chi connectivity index (χ4v) is 1.44. The Hall–Kier alpha value is -1.75. The molecule has 0 aliphatic carbocycles. The van der Waals surface area contributed by atoms with Crippen molar-refractivity contribution in [1.82, 2.24) is 0 Å². The van der Waals surface area contributed by atoms with Crippen LogP contribution in [0.3, 0.4) is 0 Å². The second kappa shape index (κ2) is 5.54. The predicted molar refractivity (Wildman–Crippen MR) is 67.1 cm³/mol. The van der Waals surface area contributed by atoms with E-state index in [0.29, 0.717) is 17.8 Å². The lowest BCUT2D eigenvalue weighted by atomic mass is 10.1. The largest absolute Gasteiger partial charge is 0.465 e. The summed E-state index contributed by atoms with van der Waals surface area (Å²) in [5.74, 6) is -0.466. The summed E-state index contributed by atoms with van der Waals surface area (Å²) in [7, 11) is 1.31. The Kier molecular flexibility index (Phi) is 4.34. The molecular weight excluding hydrogens is 220 g/mol. The quantitative estimate of drug-likeness (QED) is 0.541. The number of carbonyl (C=O) groups excluding carboxylic acids is 1. The molecule has 0 saturated carbocycles. The van der Waals surface area contributed by atoms with E-state index in [4.69, 9.17) is 5.73 Å².